The van der Waals surface area contributed by atoms with Gasteiger partial charge in [-0.05, 0) is 36.6 Å². The summed E-state index contributed by atoms with van der Waals surface area (Å²) < 4.78 is 5.41. The normalized spacial score (nSPS) is 11.3. The molecular weight excluding hydrogens is 280 g/mol. The summed E-state index contributed by atoms with van der Waals surface area (Å²) >= 11 is 0. The topological polar surface area (TPSA) is 83.8 Å². The number of nitrogens with one attached hydrogen (secondary N) is 2. The second-order valence-corrected chi connectivity index (χ2v) is 5.75. The number of benzene rings is 1. The lowest BCUT2D eigenvalue weighted by molar-refractivity contribution is 0.102. The Bertz CT molecular complexity index is 817. The predicted molar refractivity (Wildman–Crippen MR) is 83.8 cm³/mol. The average Bonchev–Trinajstić information content (AvgIpc) is 3.03. The van der Waals surface area contributed by atoms with E-state index < -0.39 is 0 Å². The first-order valence-electron chi connectivity index (χ1n) is 7.24. The minimum atomic E-state index is -0.245. The zero-order chi connectivity index (χ0) is 15.7. The van der Waals surface area contributed by atoms with Gasteiger partial charge in [-0.25, -0.2) is 4.98 Å². The second-order valence-electron chi connectivity index (χ2n) is 5.75. The molecule has 0 radical (unpaired) electrons. The number of oxazole rings is 1. The molecular formula is C16H18N4O2. The number of carbonyl (C=O) groups is 1. The van der Waals surface area contributed by atoms with E-state index in [1.165, 1.54) is 0 Å². The van der Waals surface area contributed by atoms with E-state index in [4.69, 9.17) is 4.42 Å². The van der Waals surface area contributed by atoms with Crippen LogP contribution >= 0.6 is 0 Å². The fourth-order valence-electron chi connectivity index (χ4n) is 2.34. The SMILES string of the molecule is Cc1nc2cc(NC(=O)c3cc(CC(C)C)[nH]n3)ccc2o1. The quantitative estimate of drug-likeness (QED) is 0.774. The van der Waals surface area contributed by atoms with Gasteiger partial charge < -0.3 is 9.73 Å². The Morgan fingerprint density at radius 3 is 2.95 bits per heavy atom. The van der Waals surface area contributed by atoms with Crippen molar-refractivity contribution >= 4 is 22.7 Å². The molecule has 114 valence electrons. The molecule has 0 bridgehead atoms. The number of hydrogen-bond donors (Lipinski definition) is 2. The maximum atomic E-state index is 12.2. The van der Waals surface area contributed by atoms with Gasteiger partial charge in [-0.2, -0.15) is 5.10 Å². The van der Waals surface area contributed by atoms with Gasteiger partial charge in [0, 0.05) is 18.3 Å². The molecule has 0 aliphatic heterocycles. The van der Waals surface area contributed by atoms with Crippen LogP contribution in [0, 0.1) is 12.8 Å². The van der Waals surface area contributed by atoms with Gasteiger partial charge >= 0.3 is 0 Å². The van der Waals surface area contributed by atoms with Crippen molar-refractivity contribution in [3.63, 3.8) is 0 Å². The molecule has 0 saturated carbocycles. The maximum absolute atomic E-state index is 12.2. The van der Waals surface area contributed by atoms with Gasteiger partial charge in [0.1, 0.15) is 5.52 Å². The fourth-order valence-corrected chi connectivity index (χ4v) is 2.34. The number of carbonyl (C=O) groups excluding carboxylic acids is 1. The summed E-state index contributed by atoms with van der Waals surface area (Å²) in [6.45, 7) is 6.03. The number of aromatic amines is 1. The van der Waals surface area contributed by atoms with Gasteiger partial charge in [0.25, 0.3) is 5.91 Å². The van der Waals surface area contributed by atoms with Crippen molar-refractivity contribution < 1.29 is 9.21 Å². The highest BCUT2D eigenvalue weighted by molar-refractivity contribution is 6.03. The molecule has 6 nitrogen and oxygen atoms in total. The summed E-state index contributed by atoms with van der Waals surface area (Å²) in [5.41, 5.74) is 3.43. The first-order valence-corrected chi connectivity index (χ1v) is 7.24. The van der Waals surface area contributed by atoms with E-state index in [0.717, 1.165) is 17.6 Å². The molecule has 0 aliphatic carbocycles. The third kappa shape index (κ3) is 3.00. The number of fused-ring (bicyclic) bond motifs is 1. The summed E-state index contributed by atoms with van der Waals surface area (Å²) in [7, 11) is 0. The Hall–Kier alpha value is -2.63. The number of anilines is 1. The molecule has 3 rings (SSSR count). The van der Waals surface area contributed by atoms with Gasteiger partial charge in [-0.3, -0.25) is 9.89 Å². The lowest BCUT2D eigenvalue weighted by Crippen LogP contribution is -2.12. The maximum Gasteiger partial charge on any atom is 0.276 e. The van der Waals surface area contributed by atoms with Crippen LogP contribution in [-0.4, -0.2) is 21.1 Å². The third-order valence-electron chi connectivity index (χ3n) is 3.24. The minimum absolute atomic E-state index is 0.245. The van der Waals surface area contributed by atoms with Crippen molar-refractivity contribution in [2.45, 2.75) is 27.2 Å². The number of nitrogens with zero attached hydrogens (tertiary/aromatic N) is 2. The van der Waals surface area contributed by atoms with Crippen LogP contribution in [0.2, 0.25) is 0 Å². The molecule has 6 heteroatoms. The summed E-state index contributed by atoms with van der Waals surface area (Å²) in [5.74, 6) is 0.865. The largest absolute Gasteiger partial charge is 0.441 e. The molecule has 0 unspecified atom stereocenters. The van der Waals surface area contributed by atoms with Crippen LogP contribution in [0.25, 0.3) is 11.1 Å². The molecule has 1 amide bonds. The molecule has 2 aromatic heterocycles. The molecule has 0 spiro atoms. The highest BCUT2D eigenvalue weighted by atomic mass is 16.3. The highest BCUT2D eigenvalue weighted by Gasteiger charge is 2.12. The van der Waals surface area contributed by atoms with E-state index in [-0.39, 0.29) is 5.91 Å². The van der Waals surface area contributed by atoms with Gasteiger partial charge in [0.05, 0.1) is 0 Å². The van der Waals surface area contributed by atoms with E-state index >= 15 is 0 Å². The fraction of sp³-hybridized carbons (Fsp3) is 0.312. The molecule has 0 fully saturated rings. The number of amides is 1. The minimum Gasteiger partial charge on any atom is -0.441 e. The predicted octanol–water partition coefficient (Wildman–Crippen LogP) is 3.31. The first kappa shape index (κ1) is 14.3. The van der Waals surface area contributed by atoms with Gasteiger partial charge in [-0.1, -0.05) is 13.8 Å². The first-order chi connectivity index (χ1) is 10.5. The summed E-state index contributed by atoms with van der Waals surface area (Å²) in [6.07, 6.45) is 0.866. The van der Waals surface area contributed by atoms with Crippen LogP contribution < -0.4 is 5.32 Å². The Kier molecular flexibility index (Phi) is 3.66. The van der Waals surface area contributed by atoms with E-state index in [1.807, 2.05) is 0 Å². The van der Waals surface area contributed by atoms with Gasteiger partial charge in [0.2, 0.25) is 0 Å². The number of hydrogen-bond acceptors (Lipinski definition) is 4. The van der Waals surface area contributed by atoms with Gasteiger partial charge in [0.15, 0.2) is 17.2 Å². The van der Waals surface area contributed by atoms with Gasteiger partial charge in [-0.15, -0.1) is 0 Å². The van der Waals surface area contributed by atoms with Crippen LogP contribution in [0.4, 0.5) is 5.69 Å². The average molecular weight is 298 g/mol. The van der Waals surface area contributed by atoms with Crippen LogP contribution in [0.1, 0.15) is 35.9 Å². The van der Waals surface area contributed by atoms with Crippen LogP contribution in [0.15, 0.2) is 28.7 Å². The van der Waals surface area contributed by atoms with Crippen LogP contribution in [-0.2, 0) is 6.42 Å². The zero-order valence-electron chi connectivity index (χ0n) is 12.8. The molecule has 22 heavy (non-hydrogen) atoms. The Morgan fingerprint density at radius 2 is 2.18 bits per heavy atom. The Labute approximate surface area is 127 Å². The summed E-state index contributed by atoms with van der Waals surface area (Å²) in [4.78, 5) is 16.5. The number of H-pyrrole nitrogens is 1. The molecule has 2 N–H and O–H groups in total. The zero-order valence-corrected chi connectivity index (χ0v) is 12.8. The van der Waals surface area contributed by atoms with Crippen molar-refractivity contribution in [2.24, 2.45) is 5.92 Å². The van der Waals surface area contributed by atoms with E-state index in [0.29, 0.717) is 28.8 Å². The third-order valence-corrected chi connectivity index (χ3v) is 3.24. The van der Waals surface area contributed by atoms with Crippen molar-refractivity contribution in [3.8, 4) is 0 Å². The lowest BCUT2D eigenvalue weighted by Gasteiger charge is -2.02. The molecule has 2 heterocycles. The van der Waals surface area contributed by atoms with E-state index in [9.17, 15) is 4.79 Å². The monoisotopic (exact) mass is 298 g/mol. The number of aromatic nitrogens is 3. The Balaban J connectivity index is 1.75. The van der Waals surface area contributed by atoms with Crippen LogP contribution in [0.5, 0.6) is 0 Å². The molecule has 0 atom stereocenters. The smallest absolute Gasteiger partial charge is 0.276 e. The van der Waals surface area contributed by atoms with E-state index in [1.54, 1.807) is 31.2 Å². The van der Waals surface area contributed by atoms with E-state index in [2.05, 4.69) is 34.3 Å². The summed E-state index contributed by atoms with van der Waals surface area (Å²) in [5, 5.41) is 9.78. The highest BCUT2D eigenvalue weighted by Crippen LogP contribution is 2.20. The van der Waals surface area contributed by atoms with Crippen molar-refractivity contribution in [3.05, 3.63) is 41.5 Å². The van der Waals surface area contributed by atoms with Crippen molar-refractivity contribution in [1.82, 2.24) is 15.2 Å². The summed E-state index contributed by atoms with van der Waals surface area (Å²) in [6, 6.07) is 7.14. The number of aryl methyl sites for hydroxylation is 1. The second kappa shape index (κ2) is 5.63. The Morgan fingerprint density at radius 1 is 1.36 bits per heavy atom. The van der Waals surface area contributed by atoms with Crippen molar-refractivity contribution in [2.75, 3.05) is 5.32 Å². The standard InChI is InChI=1S/C16H18N4O2/c1-9(2)6-12-8-14(20-19-12)16(21)18-11-4-5-15-13(7-11)17-10(3)22-15/h4-5,7-9H,6H2,1-3H3,(H,18,21)(H,19,20). The molecule has 3 aromatic rings. The molecule has 0 aliphatic rings. The molecule has 1 aromatic carbocycles. The number of rotatable bonds is 4. The van der Waals surface area contributed by atoms with Crippen LogP contribution in [0.3, 0.4) is 0 Å². The van der Waals surface area contributed by atoms with Crippen molar-refractivity contribution in [1.29, 1.82) is 0 Å². The lowest BCUT2D eigenvalue weighted by atomic mass is 10.1. The molecule has 0 saturated heterocycles.